The molecule has 0 aliphatic carbocycles. The normalized spacial score (nSPS) is 19.8. The molecule has 0 saturated carbocycles. The van der Waals surface area contributed by atoms with Crippen molar-refractivity contribution in [2.24, 2.45) is 0 Å². The van der Waals surface area contributed by atoms with E-state index in [2.05, 4.69) is 22.9 Å². The van der Waals surface area contributed by atoms with Gasteiger partial charge in [0.25, 0.3) is 0 Å². The van der Waals surface area contributed by atoms with Crippen LogP contribution in [0.4, 0.5) is 5.82 Å². The number of pyridine rings is 1. The summed E-state index contributed by atoms with van der Waals surface area (Å²) in [4.78, 5) is 6.54. The second kappa shape index (κ2) is 4.71. The number of hydrogen-bond acceptors (Lipinski definition) is 3. The molecule has 1 aromatic heterocycles. The van der Waals surface area contributed by atoms with Gasteiger partial charge in [0.05, 0.1) is 5.56 Å². The second-order valence-electron chi connectivity index (χ2n) is 4.01. The zero-order valence-electron chi connectivity index (χ0n) is 9.28. The van der Waals surface area contributed by atoms with Crippen LogP contribution in [0.15, 0.2) is 12.3 Å². The number of nitriles is 1. The number of aromatic nitrogens is 1. The Morgan fingerprint density at radius 1 is 1.69 bits per heavy atom. The minimum absolute atomic E-state index is 0.491. The summed E-state index contributed by atoms with van der Waals surface area (Å²) in [6, 6.07) is 4.26. The molecule has 2 heterocycles. The Morgan fingerprint density at radius 2 is 2.50 bits per heavy atom. The van der Waals surface area contributed by atoms with E-state index in [1.54, 1.807) is 12.3 Å². The standard InChI is InChI=1S/C12H14ClN3/c1-2-10-4-3-7-16(10)12-11(13)9(8-14)5-6-15-12/h5-6,10H,2-4,7H2,1H3. The number of hydrogen-bond donors (Lipinski definition) is 0. The summed E-state index contributed by atoms with van der Waals surface area (Å²) >= 11 is 6.18. The summed E-state index contributed by atoms with van der Waals surface area (Å²) in [5.74, 6) is 0.769. The Balaban J connectivity index is 2.37. The Hall–Kier alpha value is -1.27. The van der Waals surface area contributed by atoms with E-state index in [4.69, 9.17) is 16.9 Å². The van der Waals surface area contributed by atoms with Gasteiger partial charge in [-0.15, -0.1) is 0 Å². The van der Waals surface area contributed by atoms with E-state index in [0.29, 0.717) is 16.6 Å². The van der Waals surface area contributed by atoms with Crippen LogP contribution in [0.3, 0.4) is 0 Å². The van der Waals surface area contributed by atoms with Crippen LogP contribution in [0.1, 0.15) is 31.7 Å². The molecule has 1 unspecified atom stereocenters. The molecular formula is C12H14ClN3. The summed E-state index contributed by atoms with van der Waals surface area (Å²) < 4.78 is 0. The largest absolute Gasteiger partial charge is 0.352 e. The summed E-state index contributed by atoms with van der Waals surface area (Å²) in [6.45, 7) is 3.16. The maximum absolute atomic E-state index is 8.93. The van der Waals surface area contributed by atoms with Crippen LogP contribution in [0.2, 0.25) is 5.02 Å². The average Bonchev–Trinajstić information content (AvgIpc) is 2.77. The fourth-order valence-electron chi connectivity index (χ4n) is 2.26. The lowest BCUT2D eigenvalue weighted by molar-refractivity contribution is 0.640. The fraction of sp³-hybridized carbons (Fsp3) is 0.500. The van der Waals surface area contributed by atoms with Gasteiger partial charge in [-0.05, 0) is 25.3 Å². The summed E-state index contributed by atoms with van der Waals surface area (Å²) in [7, 11) is 0. The van der Waals surface area contributed by atoms with E-state index in [-0.39, 0.29) is 0 Å². The van der Waals surface area contributed by atoms with Gasteiger partial charge in [0, 0.05) is 18.8 Å². The fourth-order valence-corrected chi connectivity index (χ4v) is 2.52. The molecule has 1 saturated heterocycles. The van der Waals surface area contributed by atoms with Crippen molar-refractivity contribution >= 4 is 17.4 Å². The number of halogens is 1. The first kappa shape index (κ1) is 11.2. The van der Waals surface area contributed by atoms with Crippen LogP contribution in [0.25, 0.3) is 0 Å². The summed E-state index contributed by atoms with van der Waals surface area (Å²) in [6.07, 6.45) is 5.11. The first-order chi connectivity index (χ1) is 7.77. The number of nitrogens with zero attached hydrogens (tertiary/aromatic N) is 3. The van der Waals surface area contributed by atoms with Crippen molar-refractivity contribution < 1.29 is 0 Å². The van der Waals surface area contributed by atoms with E-state index < -0.39 is 0 Å². The molecule has 1 aliphatic heterocycles. The van der Waals surface area contributed by atoms with Crippen molar-refractivity contribution in [1.29, 1.82) is 5.26 Å². The van der Waals surface area contributed by atoms with Crippen molar-refractivity contribution in [2.75, 3.05) is 11.4 Å². The molecule has 0 N–H and O–H groups in total. The van der Waals surface area contributed by atoms with Gasteiger partial charge in [-0.1, -0.05) is 18.5 Å². The molecular weight excluding hydrogens is 222 g/mol. The van der Waals surface area contributed by atoms with Gasteiger partial charge in [-0.25, -0.2) is 4.98 Å². The number of anilines is 1. The van der Waals surface area contributed by atoms with Gasteiger partial charge in [-0.3, -0.25) is 0 Å². The molecule has 4 heteroatoms. The Bertz CT molecular complexity index is 425. The highest BCUT2D eigenvalue weighted by Crippen LogP contribution is 2.32. The van der Waals surface area contributed by atoms with E-state index in [0.717, 1.165) is 18.8 Å². The van der Waals surface area contributed by atoms with Crippen molar-refractivity contribution in [3.63, 3.8) is 0 Å². The van der Waals surface area contributed by atoms with E-state index in [1.165, 1.54) is 12.8 Å². The lowest BCUT2D eigenvalue weighted by atomic mass is 10.1. The van der Waals surface area contributed by atoms with Crippen LogP contribution in [-0.4, -0.2) is 17.6 Å². The zero-order valence-corrected chi connectivity index (χ0v) is 10.0. The molecule has 1 atom stereocenters. The number of rotatable bonds is 2. The van der Waals surface area contributed by atoms with Gasteiger partial charge < -0.3 is 4.90 Å². The van der Waals surface area contributed by atoms with E-state index in [9.17, 15) is 0 Å². The van der Waals surface area contributed by atoms with Crippen LogP contribution >= 0.6 is 11.6 Å². The van der Waals surface area contributed by atoms with Gasteiger partial charge in [-0.2, -0.15) is 5.26 Å². The Labute approximate surface area is 101 Å². The highest BCUT2D eigenvalue weighted by atomic mass is 35.5. The molecule has 1 aliphatic rings. The molecule has 0 radical (unpaired) electrons. The molecule has 16 heavy (non-hydrogen) atoms. The zero-order chi connectivity index (χ0) is 11.5. The Morgan fingerprint density at radius 3 is 3.19 bits per heavy atom. The average molecular weight is 236 g/mol. The van der Waals surface area contributed by atoms with Gasteiger partial charge in [0.1, 0.15) is 16.9 Å². The van der Waals surface area contributed by atoms with Gasteiger partial charge in [0.2, 0.25) is 0 Å². The SMILES string of the molecule is CCC1CCCN1c1nccc(C#N)c1Cl. The predicted molar refractivity (Wildman–Crippen MR) is 64.6 cm³/mol. The lowest BCUT2D eigenvalue weighted by Gasteiger charge is -2.25. The van der Waals surface area contributed by atoms with Crippen molar-refractivity contribution in [3.8, 4) is 6.07 Å². The van der Waals surface area contributed by atoms with Gasteiger partial charge in [0.15, 0.2) is 0 Å². The van der Waals surface area contributed by atoms with Gasteiger partial charge >= 0.3 is 0 Å². The van der Waals surface area contributed by atoms with Crippen molar-refractivity contribution in [2.45, 2.75) is 32.2 Å². The third-order valence-electron chi connectivity index (χ3n) is 3.11. The molecule has 84 valence electrons. The molecule has 0 spiro atoms. The molecule has 3 nitrogen and oxygen atoms in total. The molecule has 0 aromatic carbocycles. The van der Waals surface area contributed by atoms with E-state index >= 15 is 0 Å². The second-order valence-corrected chi connectivity index (χ2v) is 4.38. The van der Waals surface area contributed by atoms with E-state index in [1.807, 2.05) is 0 Å². The third-order valence-corrected chi connectivity index (χ3v) is 3.48. The highest BCUT2D eigenvalue weighted by Gasteiger charge is 2.26. The molecule has 0 bridgehead atoms. The predicted octanol–water partition coefficient (Wildman–Crippen LogP) is 2.99. The molecule has 0 amide bonds. The summed E-state index contributed by atoms with van der Waals surface area (Å²) in [5.41, 5.74) is 0.508. The monoisotopic (exact) mass is 235 g/mol. The maximum atomic E-state index is 8.93. The summed E-state index contributed by atoms with van der Waals surface area (Å²) in [5, 5.41) is 9.42. The highest BCUT2D eigenvalue weighted by molar-refractivity contribution is 6.34. The minimum atomic E-state index is 0.491. The Kier molecular flexibility index (Phi) is 3.31. The lowest BCUT2D eigenvalue weighted by Crippen LogP contribution is -2.29. The smallest absolute Gasteiger partial charge is 0.148 e. The molecule has 1 fully saturated rings. The van der Waals surface area contributed by atoms with Crippen LogP contribution < -0.4 is 4.90 Å². The van der Waals surface area contributed by atoms with Crippen LogP contribution in [-0.2, 0) is 0 Å². The van der Waals surface area contributed by atoms with Crippen LogP contribution in [0, 0.1) is 11.3 Å². The third kappa shape index (κ3) is 1.85. The van der Waals surface area contributed by atoms with Crippen molar-refractivity contribution in [3.05, 3.63) is 22.8 Å². The molecule has 1 aromatic rings. The quantitative estimate of drug-likeness (QED) is 0.791. The van der Waals surface area contributed by atoms with Crippen molar-refractivity contribution in [1.82, 2.24) is 4.98 Å². The van der Waals surface area contributed by atoms with Crippen LogP contribution in [0.5, 0.6) is 0 Å². The first-order valence-corrected chi connectivity index (χ1v) is 5.97. The maximum Gasteiger partial charge on any atom is 0.148 e. The minimum Gasteiger partial charge on any atom is -0.352 e. The topological polar surface area (TPSA) is 39.9 Å². The first-order valence-electron chi connectivity index (χ1n) is 5.59. The molecule has 2 rings (SSSR count).